The molecule has 0 spiro atoms. The number of likely N-dealkylation sites (tertiary alicyclic amines) is 1. The summed E-state index contributed by atoms with van der Waals surface area (Å²) in [5.74, 6) is -0.125. The van der Waals surface area contributed by atoms with Crippen LogP contribution < -0.4 is 11.5 Å². The van der Waals surface area contributed by atoms with Crippen LogP contribution in [-0.4, -0.2) is 23.3 Å². The molecule has 5 heteroatoms. The van der Waals surface area contributed by atoms with Crippen LogP contribution in [0.5, 0.6) is 0 Å². The van der Waals surface area contributed by atoms with Crippen LogP contribution in [0.15, 0.2) is 12.8 Å². The first-order valence-electron chi connectivity index (χ1n) is 3.59. The molecular weight excluding hydrogens is 156 g/mol. The van der Waals surface area contributed by atoms with E-state index in [-0.39, 0.29) is 11.9 Å². The van der Waals surface area contributed by atoms with Gasteiger partial charge in [-0.1, -0.05) is 6.58 Å². The second kappa shape index (κ2) is 5.17. The van der Waals surface area contributed by atoms with Crippen LogP contribution in [0, 0.1) is 5.41 Å². The number of carbonyl (C=O) groups excluding carboxylic acids is 1. The van der Waals surface area contributed by atoms with Crippen molar-refractivity contribution in [3.8, 4) is 0 Å². The molecule has 0 bridgehead atoms. The maximum absolute atomic E-state index is 10.7. The molecule has 0 atom stereocenters. The first-order valence-corrected chi connectivity index (χ1v) is 3.59. The fourth-order valence-electron chi connectivity index (χ4n) is 0.862. The SMILES string of the molecule is C=CN1CCCC1=O.N=C(N)N. The van der Waals surface area contributed by atoms with Crippen molar-refractivity contribution < 1.29 is 4.79 Å². The van der Waals surface area contributed by atoms with Crippen LogP contribution in [0.3, 0.4) is 0 Å². The third kappa shape index (κ3) is 4.32. The number of amides is 1. The van der Waals surface area contributed by atoms with Gasteiger partial charge in [0.2, 0.25) is 5.91 Å². The van der Waals surface area contributed by atoms with E-state index in [1.807, 2.05) is 0 Å². The topological polar surface area (TPSA) is 96.2 Å². The number of rotatable bonds is 1. The zero-order valence-electron chi connectivity index (χ0n) is 6.92. The highest BCUT2D eigenvalue weighted by Gasteiger charge is 2.15. The summed E-state index contributed by atoms with van der Waals surface area (Å²) in [6.07, 6.45) is 3.28. The number of carbonyl (C=O) groups is 1. The number of hydrogen-bond acceptors (Lipinski definition) is 2. The number of nitrogens with one attached hydrogen (secondary N) is 1. The summed E-state index contributed by atoms with van der Waals surface area (Å²) in [5.41, 5.74) is 8.94. The van der Waals surface area contributed by atoms with E-state index in [1.54, 1.807) is 11.1 Å². The number of nitrogens with two attached hydrogens (primary N) is 2. The third-order valence-electron chi connectivity index (χ3n) is 1.33. The Morgan fingerprint density at radius 2 is 2.17 bits per heavy atom. The zero-order valence-corrected chi connectivity index (χ0v) is 6.92. The van der Waals surface area contributed by atoms with E-state index in [0.717, 1.165) is 13.0 Å². The smallest absolute Gasteiger partial charge is 0.226 e. The van der Waals surface area contributed by atoms with E-state index in [4.69, 9.17) is 5.41 Å². The van der Waals surface area contributed by atoms with Crippen LogP contribution >= 0.6 is 0 Å². The summed E-state index contributed by atoms with van der Waals surface area (Å²) in [5, 5.41) is 6.06. The molecule has 12 heavy (non-hydrogen) atoms. The summed E-state index contributed by atoms with van der Waals surface area (Å²) in [6.45, 7) is 4.36. The molecule has 0 radical (unpaired) electrons. The van der Waals surface area contributed by atoms with Crippen LogP contribution in [0.1, 0.15) is 12.8 Å². The molecule has 1 amide bonds. The Labute approximate surface area is 71.5 Å². The maximum atomic E-state index is 10.7. The number of guanidine groups is 1. The van der Waals surface area contributed by atoms with Gasteiger partial charge in [-0.3, -0.25) is 10.2 Å². The lowest BCUT2D eigenvalue weighted by Crippen LogP contribution is -2.20. The van der Waals surface area contributed by atoms with Gasteiger partial charge < -0.3 is 16.4 Å². The summed E-state index contributed by atoms with van der Waals surface area (Å²) in [4.78, 5) is 12.3. The van der Waals surface area contributed by atoms with Crippen LogP contribution in [0.25, 0.3) is 0 Å². The summed E-state index contributed by atoms with van der Waals surface area (Å²) < 4.78 is 0. The lowest BCUT2D eigenvalue weighted by molar-refractivity contribution is -0.125. The van der Waals surface area contributed by atoms with Crippen LogP contribution in [0.2, 0.25) is 0 Å². The molecule has 0 aromatic rings. The molecule has 1 rings (SSSR count). The molecule has 0 aliphatic carbocycles. The Kier molecular flexibility index (Phi) is 4.52. The minimum Gasteiger partial charge on any atom is -0.370 e. The Balaban J connectivity index is 0.000000261. The zero-order chi connectivity index (χ0) is 9.56. The molecule has 1 fully saturated rings. The Morgan fingerprint density at radius 3 is 2.33 bits per heavy atom. The Hall–Kier alpha value is -1.52. The molecule has 5 N–H and O–H groups in total. The third-order valence-corrected chi connectivity index (χ3v) is 1.33. The quantitative estimate of drug-likeness (QED) is 0.368. The van der Waals surface area contributed by atoms with Crippen molar-refractivity contribution in [2.24, 2.45) is 11.5 Å². The van der Waals surface area contributed by atoms with Gasteiger partial charge in [-0.15, -0.1) is 0 Å². The average molecular weight is 170 g/mol. The first-order chi connectivity index (χ1) is 5.57. The van der Waals surface area contributed by atoms with Gasteiger partial charge in [0.25, 0.3) is 0 Å². The van der Waals surface area contributed by atoms with Gasteiger partial charge >= 0.3 is 0 Å². The van der Waals surface area contributed by atoms with Gasteiger partial charge in [0, 0.05) is 13.0 Å². The van der Waals surface area contributed by atoms with Crippen molar-refractivity contribution in [2.75, 3.05) is 6.54 Å². The number of nitrogens with zero attached hydrogens (tertiary/aromatic N) is 1. The van der Waals surface area contributed by atoms with Gasteiger partial charge in [-0.05, 0) is 12.6 Å². The van der Waals surface area contributed by atoms with Crippen molar-refractivity contribution in [1.29, 1.82) is 5.41 Å². The maximum Gasteiger partial charge on any atom is 0.226 e. The summed E-state index contributed by atoms with van der Waals surface area (Å²) >= 11 is 0. The highest BCUT2D eigenvalue weighted by Crippen LogP contribution is 2.08. The second-order valence-electron chi connectivity index (χ2n) is 2.33. The highest BCUT2D eigenvalue weighted by atomic mass is 16.2. The molecule has 1 saturated heterocycles. The van der Waals surface area contributed by atoms with Gasteiger partial charge in [0.05, 0.1) is 0 Å². The molecule has 1 aliphatic rings. The van der Waals surface area contributed by atoms with E-state index in [2.05, 4.69) is 18.0 Å². The largest absolute Gasteiger partial charge is 0.370 e. The molecule has 68 valence electrons. The van der Waals surface area contributed by atoms with Crippen LogP contribution in [0.4, 0.5) is 0 Å². The average Bonchev–Trinajstić information content (AvgIpc) is 2.33. The van der Waals surface area contributed by atoms with Gasteiger partial charge in [-0.25, -0.2) is 0 Å². The predicted octanol–water partition coefficient (Wildman–Crippen LogP) is -0.409. The molecule has 0 unspecified atom stereocenters. The predicted molar refractivity (Wildman–Crippen MR) is 47.2 cm³/mol. The lowest BCUT2D eigenvalue weighted by Gasteiger charge is -2.05. The summed E-state index contributed by atoms with van der Waals surface area (Å²) in [6, 6.07) is 0. The number of hydrogen-bond donors (Lipinski definition) is 3. The van der Waals surface area contributed by atoms with Gasteiger partial charge in [0.15, 0.2) is 5.96 Å². The second-order valence-corrected chi connectivity index (χ2v) is 2.33. The van der Waals surface area contributed by atoms with E-state index >= 15 is 0 Å². The molecule has 0 saturated carbocycles. The van der Waals surface area contributed by atoms with E-state index < -0.39 is 0 Å². The van der Waals surface area contributed by atoms with Crippen molar-refractivity contribution in [2.45, 2.75) is 12.8 Å². The highest BCUT2D eigenvalue weighted by molar-refractivity contribution is 5.78. The van der Waals surface area contributed by atoms with Gasteiger partial charge in [0.1, 0.15) is 0 Å². The lowest BCUT2D eigenvalue weighted by atomic mass is 10.4. The normalized spacial score (nSPS) is 15.0. The van der Waals surface area contributed by atoms with Crippen molar-refractivity contribution >= 4 is 11.9 Å². The fraction of sp³-hybridized carbons (Fsp3) is 0.429. The molecule has 1 heterocycles. The molecule has 5 nitrogen and oxygen atoms in total. The molecule has 0 aromatic carbocycles. The first kappa shape index (κ1) is 10.5. The van der Waals surface area contributed by atoms with E-state index in [1.165, 1.54) is 0 Å². The van der Waals surface area contributed by atoms with E-state index in [0.29, 0.717) is 6.42 Å². The summed E-state index contributed by atoms with van der Waals surface area (Å²) in [7, 11) is 0. The molecule has 1 aliphatic heterocycles. The monoisotopic (exact) mass is 170 g/mol. The molecule has 0 aromatic heterocycles. The minimum absolute atomic E-state index is 0.208. The van der Waals surface area contributed by atoms with Crippen molar-refractivity contribution in [1.82, 2.24) is 4.90 Å². The van der Waals surface area contributed by atoms with Crippen LogP contribution in [-0.2, 0) is 4.79 Å². The van der Waals surface area contributed by atoms with Crippen molar-refractivity contribution in [3.63, 3.8) is 0 Å². The Morgan fingerprint density at radius 1 is 1.67 bits per heavy atom. The fourth-order valence-corrected chi connectivity index (χ4v) is 0.862. The molecular formula is C7H14N4O. The minimum atomic E-state index is -0.333. The standard InChI is InChI=1S/C6H9NO.CH5N3/c1-2-7-5-3-4-6(7)8;2-1(3)4/h2H,1,3-5H2;(H5,2,3,4). The Bertz CT molecular complexity index is 186. The van der Waals surface area contributed by atoms with E-state index in [9.17, 15) is 4.79 Å². The van der Waals surface area contributed by atoms with Crippen molar-refractivity contribution in [3.05, 3.63) is 12.8 Å². The van der Waals surface area contributed by atoms with Gasteiger partial charge in [-0.2, -0.15) is 0 Å².